The van der Waals surface area contributed by atoms with Crippen LogP contribution in [0.3, 0.4) is 0 Å². The second-order valence-corrected chi connectivity index (χ2v) is 6.41. The summed E-state index contributed by atoms with van der Waals surface area (Å²) < 4.78 is 26.8. The molecule has 0 bridgehead atoms. The van der Waals surface area contributed by atoms with Crippen LogP contribution in [-0.4, -0.2) is 31.8 Å². The molecular weight excluding hydrogens is 254 g/mol. The zero-order valence-corrected chi connectivity index (χ0v) is 11.8. The third kappa shape index (κ3) is 4.15. The van der Waals surface area contributed by atoms with Gasteiger partial charge >= 0.3 is 0 Å². The highest BCUT2D eigenvalue weighted by Gasteiger charge is 2.24. The van der Waals surface area contributed by atoms with E-state index >= 15 is 0 Å². The van der Waals surface area contributed by atoms with Gasteiger partial charge in [0.2, 0.25) is 10.0 Å². The van der Waals surface area contributed by atoms with Gasteiger partial charge < -0.3 is 9.82 Å². The average molecular weight is 273 g/mol. The molecule has 6 nitrogen and oxygen atoms in total. The van der Waals surface area contributed by atoms with E-state index in [2.05, 4.69) is 14.9 Å². The van der Waals surface area contributed by atoms with Crippen LogP contribution in [0.5, 0.6) is 0 Å². The molecule has 7 heteroatoms. The van der Waals surface area contributed by atoms with E-state index in [-0.39, 0.29) is 4.90 Å². The van der Waals surface area contributed by atoms with Crippen LogP contribution >= 0.6 is 0 Å². The van der Waals surface area contributed by atoms with E-state index in [4.69, 9.17) is 4.84 Å². The number of nitrogens with one attached hydrogen (secondary N) is 2. The quantitative estimate of drug-likeness (QED) is 0.629. The van der Waals surface area contributed by atoms with Crippen LogP contribution in [0.1, 0.15) is 33.4 Å². The van der Waals surface area contributed by atoms with Gasteiger partial charge in [-0.05, 0) is 33.8 Å². The molecule has 0 amide bonds. The predicted molar refractivity (Wildman–Crippen MR) is 70.1 cm³/mol. The third-order valence-electron chi connectivity index (χ3n) is 1.85. The lowest BCUT2D eigenvalue weighted by Crippen LogP contribution is -2.40. The van der Waals surface area contributed by atoms with E-state index in [9.17, 15) is 8.42 Å². The first-order valence-electron chi connectivity index (χ1n) is 5.63. The van der Waals surface area contributed by atoms with Crippen molar-refractivity contribution in [2.24, 2.45) is 5.16 Å². The number of oxime groups is 1. The van der Waals surface area contributed by atoms with Gasteiger partial charge in [0.15, 0.2) is 0 Å². The fourth-order valence-electron chi connectivity index (χ4n) is 1.33. The Kier molecular flexibility index (Phi) is 4.53. The van der Waals surface area contributed by atoms with E-state index in [1.807, 2.05) is 0 Å². The maximum absolute atomic E-state index is 12.1. The Hall–Kier alpha value is -1.34. The van der Waals surface area contributed by atoms with Crippen molar-refractivity contribution in [1.29, 1.82) is 0 Å². The predicted octanol–water partition coefficient (Wildman–Crippen LogP) is 1.46. The number of aromatic nitrogens is 1. The summed E-state index contributed by atoms with van der Waals surface area (Å²) in [5, 5.41) is 3.65. The highest BCUT2D eigenvalue weighted by Crippen LogP contribution is 2.15. The molecule has 0 aliphatic rings. The van der Waals surface area contributed by atoms with E-state index in [0.717, 1.165) is 0 Å². The summed E-state index contributed by atoms with van der Waals surface area (Å²) >= 11 is 0. The summed E-state index contributed by atoms with van der Waals surface area (Å²) in [5.74, 6) is 0. The van der Waals surface area contributed by atoms with Gasteiger partial charge in [0.1, 0.15) is 11.5 Å². The second kappa shape index (κ2) is 5.53. The Bertz CT molecular complexity index is 512. The Morgan fingerprint density at radius 3 is 2.72 bits per heavy atom. The van der Waals surface area contributed by atoms with Gasteiger partial charge in [0, 0.05) is 11.7 Å². The molecule has 0 saturated carbocycles. The van der Waals surface area contributed by atoms with Gasteiger partial charge in [0.25, 0.3) is 0 Å². The summed E-state index contributed by atoms with van der Waals surface area (Å²) in [7, 11) is -3.57. The zero-order chi connectivity index (χ0) is 13.8. The molecule has 0 fully saturated rings. The summed E-state index contributed by atoms with van der Waals surface area (Å²) in [6.07, 6.45) is 2.89. The maximum atomic E-state index is 12.1. The lowest BCUT2D eigenvalue weighted by molar-refractivity contribution is 0.160. The normalized spacial score (nSPS) is 13.1. The minimum absolute atomic E-state index is 0.154. The number of sulfonamides is 1. The van der Waals surface area contributed by atoms with Crippen molar-refractivity contribution in [2.75, 3.05) is 6.61 Å². The van der Waals surface area contributed by atoms with Crippen LogP contribution in [0.2, 0.25) is 0 Å². The van der Waals surface area contributed by atoms with Crippen LogP contribution in [0.15, 0.2) is 22.3 Å². The number of aromatic amines is 1. The summed E-state index contributed by atoms with van der Waals surface area (Å²) in [4.78, 5) is 7.77. The van der Waals surface area contributed by atoms with Crippen molar-refractivity contribution < 1.29 is 13.3 Å². The molecule has 1 aromatic rings. The van der Waals surface area contributed by atoms with Crippen molar-refractivity contribution >= 4 is 16.2 Å². The van der Waals surface area contributed by atoms with Crippen molar-refractivity contribution in [3.8, 4) is 0 Å². The number of H-pyrrole nitrogens is 1. The van der Waals surface area contributed by atoms with Gasteiger partial charge in [-0.25, -0.2) is 13.1 Å². The molecule has 0 spiro atoms. The first-order chi connectivity index (χ1) is 8.26. The molecule has 0 aliphatic carbocycles. The van der Waals surface area contributed by atoms with Crippen molar-refractivity contribution in [3.05, 3.63) is 18.0 Å². The van der Waals surface area contributed by atoms with Gasteiger partial charge in [-0.1, -0.05) is 5.16 Å². The molecular formula is C11H19N3O3S. The van der Waals surface area contributed by atoms with E-state index in [0.29, 0.717) is 12.3 Å². The lowest BCUT2D eigenvalue weighted by Gasteiger charge is -2.20. The van der Waals surface area contributed by atoms with Gasteiger partial charge in [0.05, 0.1) is 11.9 Å². The van der Waals surface area contributed by atoms with Crippen LogP contribution in [0.4, 0.5) is 0 Å². The Balaban J connectivity index is 3.00. The van der Waals surface area contributed by atoms with Gasteiger partial charge in [-0.3, -0.25) is 0 Å². The van der Waals surface area contributed by atoms with Gasteiger partial charge in [-0.15, -0.1) is 0 Å². The molecule has 0 radical (unpaired) electrons. The smallest absolute Gasteiger partial charge is 0.243 e. The topological polar surface area (TPSA) is 83.5 Å². The van der Waals surface area contributed by atoms with Crippen molar-refractivity contribution in [3.63, 3.8) is 0 Å². The van der Waals surface area contributed by atoms with Gasteiger partial charge in [-0.2, -0.15) is 0 Å². The van der Waals surface area contributed by atoms with Crippen LogP contribution in [0.25, 0.3) is 0 Å². The Labute approximate surface area is 107 Å². The summed E-state index contributed by atoms with van der Waals surface area (Å²) in [6.45, 7) is 7.58. The minimum atomic E-state index is -3.57. The fraction of sp³-hybridized carbons (Fsp3) is 0.545. The maximum Gasteiger partial charge on any atom is 0.243 e. The molecule has 0 unspecified atom stereocenters. The molecule has 102 valence electrons. The molecule has 1 rings (SSSR count). The third-order valence-corrected chi connectivity index (χ3v) is 3.67. The second-order valence-electron chi connectivity index (χ2n) is 4.76. The lowest BCUT2D eigenvalue weighted by atomic mass is 10.1. The first-order valence-corrected chi connectivity index (χ1v) is 7.11. The van der Waals surface area contributed by atoms with Crippen molar-refractivity contribution in [1.82, 2.24) is 9.71 Å². The Morgan fingerprint density at radius 2 is 2.17 bits per heavy atom. The molecule has 2 N–H and O–H groups in total. The van der Waals surface area contributed by atoms with E-state index in [1.165, 1.54) is 12.3 Å². The van der Waals surface area contributed by atoms with Crippen LogP contribution < -0.4 is 4.72 Å². The number of hydrogen-bond donors (Lipinski definition) is 2. The molecule has 0 saturated heterocycles. The minimum Gasteiger partial charge on any atom is -0.396 e. The van der Waals surface area contributed by atoms with E-state index < -0.39 is 15.6 Å². The number of hydrogen-bond acceptors (Lipinski definition) is 4. The zero-order valence-electron chi connectivity index (χ0n) is 11.0. The monoisotopic (exact) mass is 273 g/mol. The molecule has 1 aromatic heterocycles. The molecule has 0 atom stereocenters. The van der Waals surface area contributed by atoms with Crippen LogP contribution in [0, 0.1) is 0 Å². The number of nitrogens with zero attached hydrogens (tertiary/aromatic N) is 1. The SMILES string of the molecule is CCO/N=C/c1[nH]ccc1S(=O)(=O)NC(C)(C)C. The summed E-state index contributed by atoms with van der Waals surface area (Å²) in [5.41, 5.74) is -0.148. The van der Waals surface area contributed by atoms with E-state index in [1.54, 1.807) is 33.9 Å². The molecule has 0 aromatic carbocycles. The standard InChI is InChI=1S/C11H19N3O3S/c1-5-17-13-8-9-10(6-7-12-9)18(15,16)14-11(2,3)4/h6-8,12,14H,5H2,1-4H3/b13-8+. The Morgan fingerprint density at radius 1 is 1.50 bits per heavy atom. The largest absolute Gasteiger partial charge is 0.396 e. The average Bonchev–Trinajstić information content (AvgIpc) is 2.63. The highest BCUT2D eigenvalue weighted by molar-refractivity contribution is 7.89. The van der Waals surface area contributed by atoms with Crippen molar-refractivity contribution in [2.45, 2.75) is 38.1 Å². The first kappa shape index (κ1) is 14.7. The molecule has 18 heavy (non-hydrogen) atoms. The number of rotatable bonds is 5. The van der Waals surface area contributed by atoms with Crippen LogP contribution in [-0.2, 0) is 14.9 Å². The fourth-order valence-corrected chi connectivity index (χ4v) is 2.89. The molecule has 1 heterocycles. The molecule has 0 aliphatic heterocycles. The summed E-state index contributed by atoms with van der Waals surface area (Å²) in [6, 6.07) is 1.49. The highest BCUT2D eigenvalue weighted by atomic mass is 32.2.